The number of carbonyl (C=O) groups is 1. The minimum Gasteiger partial charge on any atom is -0.378 e. The Labute approximate surface area is 103 Å². The van der Waals surface area contributed by atoms with Crippen molar-refractivity contribution >= 4 is 23.2 Å². The molecule has 0 aliphatic carbocycles. The molecule has 4 nitrogen and oxygen atoms in total. The third kappa shape index (κ3) is 3.15. The maximum absolute atomic E-state index is 13.4. The highest BCUT2D eigenvalue weighted by molar-refractivity contribution is 6.30. The van der Waals surface area contributed by atoms with Gasteiger partial charge in [-0.05, 0) is 18.2 Å². The predicted molar refractivity (Wildman–Crippen MR) is 62.6 cm³/mol. The van der Waals surface area contributed by atoms with E-state index in [1.165, 1.54) is 18.2 Å². The monoisotopic (exact) mass is 258 g/mol. The molecular formula is C11H12ClFN2O2. The Kier molecular flexibility index (Phi) is 3.93. The molecule has 1 saturated heterocycles. The molecule has 0 radical (unpaired) electrons. The Hall–Kier alpha value is -1.17. The minimum absolute atomic E-state index is 0.0786. The van der Waals surface area contributed by atoms with E-state index >= 15 is 0 Å². The topological polar surface area (TPSA) is 50.4 Å². The summed E-state index contributed by atoms with van der Waals surface area (Å²) in [6.07, 6.45) is 0. The van der Waals surface area contributed by atoms with Crippen molar-refractivity contribution in [2.75, 3.05) is 25.1 Å². The molecule has 0 spiro atoms. The number of hydrogen-bond acceptors (Lipinski definition) is 3. The number of hydrogen-bond donors (Lipinski definition) is 2. The van der Waals surface area contributed by atoms with Crippen LogP contribution in [0.15, 0.2) is 18.2 Å². The molecule has 1 fully saturated rings. The van der Waals surface area contributed by atoms with E-state index in [0.29, 0.717) is 18.2 Å². The summed E-state index contributed by atoms with van der Waals surface area (Å²) >= 11 is 5.73. The molecule has 1 unspecified atom stereocenters. The van der Waals surface area contributed by atoms with Gasteiger partial charge >= 0.3 is 0 Å². The summed E-state index contributed by atoms with van der Waals surface area (Å²) in [5, 5.41) is 5.83. The molecule has 2 N–H and O–H groups in total. The Morgan fingerprint density at radius 3 is 3.12 bits per heavy atom. The van der Waals surface area contributed by atoms with Crippen LogP contribution < -0.4 is 10.6 Å². The van der Waals surface area contributed by atoms with Gasteiger partial charge in [0, 0.05) is 11.6 Å². The van der Waals surface area contributed by atoms with Crippen molar-refractivity contribution in [1.82, 2.24) is 5.32 Å². The van der Waals surface area contributed by atoms with Gasteiger partial charge in [0.05, 0.1) is 18.9 Å². The van der Waals surface area contributed by atoms with E-state index in [1.54, 1.807) is 0 Å². The number of ether oxygens (including phenoxy) is 1. The maximum atomic E-state index is 13.4. The van der Waals surface area contributed by atoms with Gasteiger partial charge in [-0.1, -0.05) is 11.6 Å². The predicted octanol–water partition coefficient (Wildman–Crippen LogP) is 1.41. The van der Waals surface area contributed by atoms with Gasteiger partial charge in [0.15, 0.2) is 0 Å². The van der Waals surface area contributed by atoms with Gasteiger partial charge in [0.1, 0.15) is 11.9 Å². The zero-order valence-corrected chi connectivity index (χ0v) is 9.76. The summed E-state index contributed by atoms with van der Waals surface area (Å²) in [6, 6.07) is 3.55. The second-order valence-corrected chi connectivity index (χ2v) is 4.13. The van der Waals surface area contributed by atoms with Crippen LogP contribution in [0.4, 0.5) is 10.1 Å². The lowest BCUT2D eigenvalue weighted by Gasteiger charge is -2.23. The summed E-state index contributed by atoms with van der Waals surface area (Å²) in [5.41, 5.74) is 0.0786. The van der Waals surface area contributed by atoms with Crippen molar-refractivity contribution in [2.24, 2.45) is 0 Å². The molecule has 92 valence electrons. The Morgan fingerprint density at radius 1 is 1.59 bits per heavy atom. The van der Waals surface area contributed by atoms with Crippen LogP contribution in [0.5, 0.6) is 0 Å². The van der Waals surface area contributed by atoms with Crippen LogP contribution in [0.2, 0.25) is 5.02 Å². The van der Waals surface area contributed by atoms with Crippen LogP contribution in [-0.2, 0) is 9.53 Å². The quantitative estimate of drug-likeness (QED) is 0.843. The van der Waals surface area contributed by atoms with Crippen LogP contribution in [0.3, 0.4) is 0 Å². The Bertz CT molecular complexity index is 422. The number of anilines is 1. The molecule has 1 aliphatic rings. The van der Waals surface area contributed by atoms with Crippen LogP contribution >= 0.6 is 11.6 Å². The largest absolute Gasteiger partial charge is 0.378 e. The summed E-state index contributed by atoms with van der Waals surface area (Å²) in [4.78, 5) is 11.8. The lowest BCUT2D eigenvalue weighted by atomic mass is 10.2. The second kappa shape index (κ2) is 5.44. The highest BCUT2D eigenvalue weighted by Gasteiger charge is 2.21. The van der Waals surface area contributed by atoms with Gasteiger partial charge in [0.2, 0.25) is 5.91 Å². The van der Waals surface area contributed by atoms with Gasteiger partial charge in [-0.3, -0.25) is 4.79 Å². The summed E-state index contributed by atoms with van der Waals surface area (Å²) in [7, 11) is 0. The average Bonchev–Trinajstić information content (AvgIpc) is 2.35. The third-order valence-electron chi connectivity index (χ3n) is 2.42. The number of rotatable bonds is 2. The van der Waals surface area contributed by atoms with Crippen molar-refractivity contribution in [3.05, 3.63) is 29.0 Å². The third-order valence-corrected chi connectivity index (χ3v) is 2.66. The van der Waals surface area contributed by atoms with E-state index in [1.807, 2.05) is 0 Å². The highest BCUT2D eigenvalue weighted by Crippen LogP contribution is 2.19. The first-order valence-electron chi connectivity index (χ1n) is 5.24. The van der Waals surface area contributed by atoms with Crippen LogP contribution in [0, 0.1) is 5.82 Å². The minimum atomic E-state index is -0.514. The number of amides is 1. The lowest BCUT2D eigenvalue weighted by Crippen LogP contribution is -2.48. The normalized spacial score (nSPS) is 20.0. The fraction of sp³-hybridized carbons (Fsp3) is 0.364. The molecule has 0 bridgehead atoms. The fourth-order valence-corrected chi connectivity index (χ4v) is 1.72. The lowest BCUT2D eigenvalue weighted by molar-refractivity contribution is -0.120. The number of carbonyl (C=O) groups excluding carboxylic acids is 1. The van der Waals surface area contributed by atoms with Crippen molar-refractivity contribution in [3.63, 3.8) is 0 Å². The molecule has 0 aromatic heterocycles. The van der Waals surface area contributed by atoms with Crippen molar-refractivity contribution in [1.29, 1.82) is 0 Å². The molecule has 1 aromatic carbocycles. The van der Waals surface area contributed by atoms with Gasteiger partial charge in [0.25, 0.3) is 0 Å². The molecule has 1 atom stereocenters. The zero-order valence-electron chi connectivity index (χ0n) is 9.00. The summed E-state index contributed by atoms with van der Waals surface area (Å²) in [6.45, 7) is 1.47. The number of benzene rings is 1. The highest BCUT2D eigenvalue weighted by atomic mass is 35.5. The Balaban J connectivity index is 2.04. The first kappa shape index (κ1) is 12.3. The summed E-state index contributed by atoms with van der Waals surface area (Å²) in [5.74, 6) is -0.842. The van der Waals surface area contributed by atoms with Gasteiger partial charge in [-0.25, -0.2) is 4.39 Å². The number of halogens is 2. The molecule has 6 heteroatoms. The van der Waals surface area contributed by atoms with Crippen molar-refractivity contribution < 1.29 is 13.9 Å². The molecule has 1 aliphatic heterocycles. The van der Waals surface area contributed by atoms with Crippen molar-refractivity contribution in [3.8, 4) is 0 Å². The standard InChI is InChI=1S/C11H12ClFN2O2/c12-7-1-2-8(13)9(5-7)15-11(16)10-6-17-4-3-14-10/h1-2,5,10,14H,3-4,6H2,(H,15,16). The molecule has 0 saturated carbocycles. The maximum Gasteiger partial charge on any atom is 0.243 e. The number of nitrogens with one attached hydrogen (secondary N) is 2. The smallest absolute Gasteiger partial charge is 0.243 e. The van der Waals surface area contributed by atoms with E-state index in [-0.39, 0.29) is 18.2 Å². The number of morpholine rings is 1. The first-order chi connectivity index (χ1) is 8.16. The molecular weight excluding hydrogens is 247 g/mol. The average molecular weight is 259 g/mol. The molecule has 1 aromatic rings. The van der Waals surface area contributed by atoms with Crippen LogP contribution in [0.1, 0.15) is 0 Å². The van der Waals surface area contributed by atoms with E-state index < -0.39 is 11.9 Å². The fourth-order valence-electron chi connectivity index (χ4n) is 1.55. The summed E-state index contributed by atoms with van der Waals surface area (Å²) < 4.78 is 18.5. The van der Waals surface area contributed by atoms with Crippen LogP contribution in [-0.4, -0.2) is 31.7 Å². The van der Waals surface area contributed by atoms with Gasteiger partial charge < -0.3 is 15.4 Å². The van der Waals surface area contributed by atoms with E-state index in [0.717, 1.165) is 0 Å². The van der Waals surface area contributed by atoms with Gasteiger partial charge in [-0.2, -0.15) is 0 Å². The van der Waals surface area contributed by atoms with Crippen molar-refractivity contribution in [2.45, 2.75) is 6.04 Å². The van der Waals surface area contributed by atoms with E-state index in [9.17, 15) is 9.18 Å². The van der Waals surface area contributed by atoms with E-state index in [2.05, 4.69) is 10.6 Å². The Morgan fingerprint density at radius 2 is 2.41 bits per heavy atom. The van der Waals surface area contributed by atoms with E-state index in [4.69, 9.17) is 16.3 Å². The SMILES string of the molecule is O=C(Nc1cc(Cl)ccc1F)C1COCCN1. The zero-order chi connectivity index (χ0) is 12.3. The molecule has 2 rings (SSSR count). The molecule has 17 heavy (non-hydrogen) atoms. The second-order valence-electron chi connectivity index (χ2n) is 3.70. The molecule has 1 heterocycles. The van der Waals surface area contributed by atoms with Crippen LogP contribution in [0.25, 0.3) is 0 Å². The van der Waals surface area contributed by atoms with Gasteiger partial charge in [-0.15, -0.1) is 0 Å². The first-order valence-corrected chi connectivity index (χ1v) is 5.61. The molecule has 1 amide bonds.